The fraction of sp³-hybridized carbons (Fsp3) is 0.0833. The maximum atomic E-state index is 11.6. The lowest BCUT2D eigenvalue weighted by Gasteiger charge is -2.03. The molecule has 0 aliphatic heterocycles. The molecule has 0 saturated heterocycles. The van der Waals surface area contributed by atoms with Crippen molar-refractivity contribution in [1.29, 1.82) is 0 Å². The van der Waals surface area contributed by atoms with Gasteiger partial charge in [-0.1, -0.05) is 0 Å². The fourth-order valence-electron chi connectivity index (χ4n) is 1.45. The van der Waals surface area contributed by atoms with E-state index in [1.807, 2.05) is 0 Å². The van der Waals surface area contributed by atoms with Crippen molar-refractivity contribution >= 4 is 11.7 Å². The molecule has 0 N–H and O–H groups in total. The lowest BCUT2D eigenvalue weighted by Crippen LogP contribution is -2.07. The van der Waals surface area contributed by atoms with Crippen LogP contribution >= 0.6 is 0 Å². The molecule has 2 rings (SSSR count). The number of aryl methyl sites for hydroxylation is 1. The first kappa shape index (κ1) is 11.8. The van der Waals surface area contributed by atoms with Gasteiger partial charge in [-0.3, -0.25) is 10.1 Å². The highest BCUT2D eigenvalue weighted by Gasteiger charge is 2.14. The number of hydrogen-bond acceptors (Lipinski definition) is 5. The van der Waals surface area contributed by atoms with Crippen LogP contribution in [-0.2, 0) is 0 Å². The summed E-state index contributed by atoms with van der Waals surface area (Å²) in [6, 6.07) is 7.13. The summed E-state index contributed by atoms with van der Waals surface area (Å²) in [6.07, 6.45) is 1.36. The number of rotatable bonds is 3. The van der Waals surface area contributed by atoms with Gasteiger partial charge in [0.1, 0.15) is 5.75 Å². The Balaban J connectivity index is 2.18. The molecule has 6 heteroatoms. The van der Waals surface area contributed by atoms with Crippen LogP contribution in [0.5, 0.6) is 5.75 Å². The first-order chi connectivity index (χ1) is 8.58. The number of esters is 1. The molecule has 0 unspecified atom stereocenters. The third-order valence-corrected chi connectivity index (χ3v) is 2.30. The summed E-state index contributed by atoms with van der Waals surface area (Å²) < 4.78 is 9.90. The van der Waals surface area contributed by atoms with E-state index < -0.39 is 10.9 Å². The van der Waals surface area contributed by atoms with E-state index >= 15 is 0 Å². The standard InChI is InChI=1S/C12H9NO5/c1-8-7-9(4-5-10(8)13(15)16)18-12(14)11-3-2-6-17-11/h2-7H,1H3. The number of hydrogen-bond donors (Lipinski definition) is 0. The van der Waals surface area contributed by atoms with Gasteiger partial charge in [0.05, 0.1) is 11.2 Å². The molecule has 0 saturated carbocycles. The van der Waals surface area contributed by atoms with E-state index in [-0.39, 0.29) is 17.2 Å². The van der Waals surface area contributed by atoms with E-state index in [4.69, 9.17) is 9.15 Å². The van der Waals surface area contributed by atoms with Crippen LogP contribution in [0, 0.1) is 17.0 Å². The van der Waals surface area contributed by atoms with Crippen molar-refractivity contribution in [2.24, 2.45) is 0 Å². The molecule has 0 fully saturated rings. The third kappa shape index (κ3) is 2.37. The molecule has 0 aliphatic rings. The van der Waals surface area contributed by atoms with Crippen molar-refractivity contribution in [2.45, 2.75) is 6.92 Å². The molecule has 92 valence electrons. The fourth-order valence-corrected chi connectivity index (χ4v) is 1.45. The molecule has 1 aromatic carbocycles. The van der Waals surface area contributed by atoms with Gasteiger partial charge in [0.2, 0.25) is 5.76 Å². The average molecular weight is 247 g/mol. The van der Waals surface area contributed by atoms with Crippen LogP contribution in [0.4, 0.5) is 5.69 Å². The second kappa shape index (κ2) is 4.70. The summed E-state index contributed by atoms with van der Waals surface area (Å²) in [7, 11) is 0. The van der Waals surface area contributed by atoms with Crippen molar-refractivity contribution in [2.75, 3.05) is 0 Å². The van der Waals surface area contributed by atoms with Crippen LogP contribution in [-0.4, -0.2) is 10.9 Å². The number of furan rings is 1. The Labute approximate surface area is 102 Å². The van der Waals surface area contributed by atoms with Crippen LogP contribution in [0.1, 0.15) is 16.1 Å². The van der Waals surface area contributed by atoms with Gasteiger partial charge in [0.25, 0.3) is 5.69 Å². The Kier molecular flexibility index (Phi) is 3.09. The van der Waals surface area contributed by atoms with Gasteiger partial charge in [-0.2, -0.15) is 0 Å². The summed E-state index contributed by atoms with van der Waals surface area (Å²) >= 11 is 0. The maximum absolute atomic E-state index is 11.6. The quantitative estimate of drug-likeness (QED) is 0.360. The Morgan fingerprint density at radius 2 is 2.17 bits per heavy atom. The third-order valence-electron chi connectivity index (χ3n) is 2.30. The van der Waals surface area contributed by atoms with Gasteiger partial charge in [0, 0.05) is 11.6 Å². The summed E-state index contributed by atoms with van der Waals surface area (Å²) in [5.41, 5.74) is 0.401. The van der Waals surface area contributed by atoms with Gasteiger partial charge in [0.15, 0.2) is 0 Å². The van der Waals surface area contributed by atoms with Gasteiger partial charge < -0.3 is 9.15 Å². The Morgan fingerprint density at radius 1 is 1.39 bits per heavy atom. The highest BCUT2D eigenvalue weighted by atomic mass is 16.6. The van der Waals surface area contributed by atoms with E-state index in [9.17, 15) is 14.9 Å². The second-order valence-corrected chi connectivity index (χ2v) is 3.57. The lowest BCUT2D eigenvalue weighted by atomic mass is 10.2. The minimum atomic E-state index is -0.645. The molecule has 0 amide bonds. The van der Waals surface area contributed by atoms with Crippen molar-refractivity contribution in [3.05, 3.63) is 58.0 Å². The zero-order valence-electron chi connectivity index (χ0n) is 9.45. The maximum Gasteiger partial charge on any atom is 0.379 e. The van der Waals surface area contributed by atoms with Crippen LogP contribution in [0.2, 0.25) is 0 Å². The minimum Gasteiger partial charge on any atom is -0.457 e. The number of nitro benzene ring substituents is 1. The monoisotopic (exact) mass is 247 g/mol. The first-order valence-electron chi connectivity index (χ1n) is 5.08. The van der Waals surface area contributed by atoms with E-state index in [2.05, 4.69) is 0 Å². The summed E-state index contributed by atoms with van der Waals surface area (Å²) in [6.45, 7) is 1.57. The molecule has 0 atom stereocenters. The van der Waals surface area contributed by atoms with Crippen LogP contribution in [0.15, 0.2) is 41.0 Å². The Bertz CT molecular complexity index is 589. The smallest absolute Gasteiger partial charge is 0.379 e. The van der Waals surface area contributed by atoms with Gasteiger partial charge in [-0.15, -0.1) is 0 Å². The number of benzene rings is 1. The molecule has 0 spiro atoms. The zero-order valence-corrected chi connectivity index (χ0v) is 9.45. The topological polar surface area (TPSA) is 82.6 Å². The predicted molar refractivity (Wildman–Crippen MR) is 61.5 cm³/mol. The van der Waals surface area contributed by atoms with Gasteiger partial charge in [-0.05, 0) is 31.2 Å². The molecule has 0 aliphatic carbocycles. The molecular weight excluding hydrogens is 238 g/mol. The van der Waals surface area contributed by atoms with Gasteiger partial charge >= 0.3 is 5.97 Å². The molecular formula is C12H9NO5. The first-order valence-corrected chi connectivity index (χ1v) is 5.08. The molecule has 1 aromatic heterocycles. The highest BCUT2D eigenvalue weighted by Crippen LogP contribution is 2.23. The number of nitro groups is 1. The SMILES string of the molecule is Cc1cc(OC(=O)c2ccco2)ccc1[N+](=O)[O-]. The summed E-state index contributed by atoms with van der Waals surface area (Å²) in [5.74, 6) is -0.334. The summed E-state index contributed by atoms with van der Waals surface area (Å²) in [4.78, 5) is 21.7. The van der Waals surface area contributed by atoms with E-state index in [1.165, 1.54) is 30.5 Å². The van der Waals surface area contributed by atoms with E-state index in [0.717, 1.165) is 0 Å². The van der Waals surface area contributed by atoms with Gasteiger partial charge in [-0.25, -0.2) is 4.79 Å². The number of nitrogens with zero attached hydrogens (tertiary/aromatic N) is 1. The predicted octanol–water partition coefficient (Wildman–Crippen LogP) is 2.72. The highest BCUT2D eigenvalue weighted by molar-refractivity contribution is 5.88. The largest absolute Gasteiger partial charge is 0.457 e. The minimum absolute atomic E-state index is 0.0206. The number of ether oxygens (including phenoxy) is 1. The van der Waals surface area contributed by atoms with Crippen LogP contribution in [0.3, 0.4) is 0 Å². The second-order valence-electron chi connectivity index (χ2n) is 3.57. The van der Waals surface area contributed by atoms with E-state index in [1.54, 1.807) is 13.0 Å². The molecule has 0 radical (unpaired) electrons. The molecule has 6 nitrogen and oxygen atoms in total. The summed E-state index contributed by atoms with van der Waals surface area (Å²) in [5, 5.41) is 10.6. The molecule has 18 heavy (non-hydrogen) atoms. The van der Waals surface area contributed by atoms with Crippen LogP contribution in [0.25, 0.3) is 0 Å². The van der Waals surface area contributed by atoms with E-state index in [0.29, 0.717) is 5.56 Å². The lowest BCUT2D eigenvalue weighted by molar-refractivity contribution is -0.385. The zero-order chi connectivity index (χ0) is 13.1. The average Bonchev–Trinajstić information content (AvgIpc) is 2.81. The number of carbonyl (C=O) groups excluding carboxylic acids is 1. The molecule has 1 heterocycles. The molecule has 2 aromatic rings. The van der Waals surface area contributed by atoms with Crippen molar-refractivity contribution in [3.8, 4) is 5.75 Å². The van der Waals surface area contributed by atoms with Crippen molar-refractivity contribution in [1.82, 2.24) is 0 Å². The number of carbonyl (C=O) groups is 1. The van der Waals surface area contributed by atoms with Crippen molar-refractivity contribution in [3.63, 3.8) is 0 Å². The van der Waals surface area contributed by atoms with Crippen molar-refractivity contribution < 1.29 is 18.9 Å². The molecule has 0 bridgehead atoms. The van der Waals surface area contributed by atoms with Crippen LogP contribution < -0.4 is 4.74 Å². The Hall–Kier alpha value is -2.63. The Morgan fingerprint density at radius 3 is 2.72 bits per heavy atom. The normalized spacial score (nSPS) is 10.1.